The predicted octanol–water partition coefficient (Wildman–Crippen LogP) is 3.20. The van der Waals surface area contributed by atoms with Gasteiger partial charge in [0, 0.05) is 18.5 Å². The number of anilines is 1. The van der Waals surface area contributed by atoms with Crippen LogP contribution in [0.4, 0.5) is 18.3 Å². The number of thiazole rings is 1. The fraction of sp³-hybridized carbons (Fsp3) is 0.700. The lowest BCUT2D eigenvalue weighted by Crippen LogP contribution is -2.33. The first-order valence-electron chi connectivity index (χ1n) is 5.56. The maximum Gasteiger partial charge on any atom is 0.401 e. The zero-order valence-corrected chi connectivity index (χ0v) is 11.9. The highest BCUT2D eigenvalue weighted by Gasteiger charge is 2.34. The molecule has 2 rings (SSSR count). The molecular formula is C10H13BrF3N3S. The van der Waals surface area contributed by atoms with Crippen molar-refractivity contribution in [1.82, 2.24) is 9.88 Å². The molecule has 0 aliphatic carbocycles. The first-order valence-corrected chi connectivity index (χ1v) is 7.23. The van der Waals surface area contributed by atoms with Crippen LogP contribution in [0.25, 0.3) is 0 Å². The lowest BCUT2D eigenvalue weighted by atomic mass is 10.1. The van der Waals surface area contributed by atoms with Gasteiger partial charge in [0.1, 0.15) is 4.60 Å². The van der Waals surface area contributed by atoms with E-state index in [1.54, 1.807) is 0 Å². The molecule has 1 aromatic rings. The van der Waals surface area contributed by atoms with E-state index in [0.29, 0.717) is 19.6 Å². The smallest absolute Gasteiger partial charge is 0.361 e. The summed E-state index contributed by atoms with van der Waals surface area (Å²) < 4.78 is 37.4. The number of aromatic nitrogens is 1. The minimum absolute atomic E-state index is 0.259. The molecule has 8 heteroatoms. The molecule has 0 amide bonds. The van der Waals surface area contributed by atoms with Gasteiger partial charge in [-0.05, 0) is 34.8 Å². The van der Waals surface area contributed by atoms with Crippen molar-refractivity contribution in [3.8, 4) is 0 Å². The van der Waals surface area contributed by atoms with Gasteiger partial charge in [0.25, 0.3) is 0 Å². The number of likely N-dealkylation sites (tertiary alicyclic amines) is 1. The van der Waals surface area contributed by atoms with Gasteiger partial charge in [0.2, 0.25) is 0 Å². The number of hydrogen-bond acceptors (Lipinski definition) is 4. The van der Waals surface area contributed by atoms with E-state index in [-0.39, 0.29) is 5.92 Å². The summed E-state index contributed by atoms with van der Waals surface area (Å²) in [6, 6.07) is 0. The van der Waals surface area contributed by atoms with Gasteiger partial charge in [0.15, 0.2) is 5.13 Å². The second kappa shape index (κ2) is 5.75. The summed E-state index contributed by atoms with van der Waals surface area (Å²) in [6.45, 7) is 0.896. The van der Waals surface area contributed by atoms with Crippen LogP contribution in [-0.4, -0.2) is 42.2 Å². The monoisotopic (exact) mass is 343 g/mol. The fourth-order valence-corrected chi connectivity index (χ4v) is 3.20. The summed E-state index contributed by atoms with van der Waals surface area (Å²) in [4.78, 5) is 5.64. The summed E-state index contributed by atoms with van der Waals surface area (Å²) in [7, 11) is 0. The van der Waals surface area contributed by atoms with Crippen LogP contribution in [0.15, 0.2) is 9.98 Å². The van der Waals surface area contributed by atoms with E-state index in [4.69, 9.17) is 0 Å². The van der Waals surface area contributed by atoms with E-state index in [2.05, 4.69) is 26.2 Å². The van der Waals surface area contributed by atoms with E-state index in [0.717, 1.165) is 16.2 Å². The average Bonchev–Trinajstić information content (AvgIpc) is 2.82. The van der Waals surface area contributed by atoms with E-state index < -0.39 is 12.7 Å². The number of nitrogens with zero attached hydrogens (tertiary/aromatic N) is 2. The fourth-order valence-electron chi connectivity index (χ4n) is 2.04. The third kappa shape index (κ3) is 4.40. The normalized spacial score (nSPS) is 21.4. The molecule has 0 bridgehead atoms. The quantitative estimate of drug-likeness (QED) is 0.909. The van der Waals surface area contributed by atoms with E-state index in [1.807, 2.05) is 5.38 Å². The molecule has 2 heterocycles. The van der Waals surface area contributed by atoms with E-state index in [1.165, 1.54) is 16.2 Å². The maximum atomic E-state index is 12.2. The topological polar surface area (TPSA) is 28.2 Å². The molecule has 1 atom stereocenters. The Bertz CT molecular complexity index is 396. The van der Waals surface area contributed by atoms with Crippen molar-refractivity contribution in [3.05, 3.63) is 9.98 Å². The van der Waals surface area contributed by atoms with Crippen LogP contribution in [-0.2, 0) is 0 Å². The second-order valence-electron chi connectivity index (χ2n) is 4.36. The molecule has 1 fully saturated rings. The van der Waals surface area contributed by atoms with E-state index >= 15 is 0 Å². The molecule has 0 radical (unpaired) electrons. The number of nitrogens with one attached hydrogen (secondary N) is 1. The molecule has 1 aliphatic rings. The van der Waals surface area contributed by atoms with Crippen molar-refractivity contribution < 1.29 is 13.2 Å². The molecule has 1 aliphatic heterocycles. The van der Waals surface area contributed by atoms with Crippen molar-refractivity contribution in [3.63, 3.8) is 0 Å². The molecule has 102 valence electrons. The molecule has 3 nitrogen and oxygen atoms in total. The molecule has 1 unspecified atom stereocenters. The highest BCUT2D eigenvalue weighted by Crippen LogP contribution is 2.24. The maximum absolute atomic E-state index is 12.2. The molecule has 0 saturated carbocycles. The minimum Gasteiger partial charge on any atom is -0.361 e. The van der Waals surface area contributed by atoms with Crippen molar-refractivity contribution in [2.75, 3.05) is 31.5 Å². The van der Waals surface area contributed by atoms with Crippen LogP contribution in [0.1, 0.15) is 6.42 Å². The highest BCUT2D eigenvalue weighted by molar-refractivity contribution is 9.10. The van der Waals surface area contributed by atoms with Crippen molar-refractivity contribution in [2.45, 2.75) is 12.6 Å². The SMILES string of the molecule is FC(F)(F)CN1CCC(CNc2nc(Br)cs2)C1. The summed E-state index contributed by atoms with van der Waals surface area (Å²) in [5.74, 6) is 0.259. The summed E-state index contributed by atoms with van der Waals surface area (Å²) in [5.41, 5.74) is 0. The zero-order valence-electron chi connectivity index (χ0n) is 9.50. The van der Waals surface area contributed by atoms with Crippen LogP contribution in [0.2, 0.25) is 0 Å². The van der Waals surface area contributed by atoms with Gasteiger partial charge < -0.3 is 5.32 Å². The Hall–Kier alpha value is -0.340. The standard InChI is InChI=1S/C10H13BrF3N3S/c11-8-5-18-9(16-8)15-3-7-1-2-17(4-7)6-10(12,13)14/h5,7H,1-4,6H2,(H,15,16). The Kier molecular flexibility index (Phi) is 4.50. The van der Waals surface area contributed by atoms with Gasteiger partial charge >= 0.3 is 6.18 Å². The number of rotatable bonds is 4. The van der Waals surface area contributed by atoms with Crippen LogP contribution in [0.5, 0.6) is 0 Å². The molecule has 1 saturated heterocycles. The second-order valence-corrected chi connectivity index (χ2v) is 6.03. The van der Waals surface area contributed by atoms with Gasteiger partial charge in [-0.15, -0.1) is 11.3 Å². The zero-order chi connectivity index (χ0) is 13.2. The lowest BCUT2D eigenvalue weighted by molar-refractivity contribution is -0.143. The largest absolute Gasteiger partial charge is 0.401 e. The first-order chi connectivity index (χ1) is 8.42. The summed E-state index contributed by atoms with van der Waals surface area (Å²) in [5, 5.41) is 5.83. The van der Waals surface area contributed by atoms with Gasteiger partial charge in [-0.1, -0.05) is 0 Å². The predicted molar refractivity (Wildman–Crippen MR) is 68.9 cm³/mol. The number of alkyl halides is 3. The molecule has 0 aromatic carbocycles. The third-order valence-corrected chi connectivity index (χ3v) is 4.30. The van der Waals surface area contributed by atoms with Crippen molar-refractivity contribution in [1.29, 1.82) is 0 Å². The molecular weight excluding hydrogens is 331 g/mol. The number of hydrogen-bond donors (Lipinski definition) is 1. The van der Waals surface area contributed by atoms with Gasteiger partial charge in [-0.3, -0.25) is 4.90 Å². The van der Waals surface area contributed by atoms with Crippen LogP contribution >= 0.6 is 27.3 Å². The Morgan fingerprint density at radius 2 is 2.33 bits per heavy atom. The number of halogens is 4. The van der Waals surface area contributed by atoms with Gasteiger partial charge in [0.05, 0.1) is 6.54 Å². The summed E-state index contributed by atoms with van der Waals surface area (Å²) >= 11 is 4.74. The Balaban J connectivity index is 1.73. The highest BCUT2D eigenvalue weighted by atomic mass is 79.9. The van der Waals surface area contributed by atoms with Crippen molar-refractivity contribution >= 4 is 32.4 Å². The average molecular weight is 344 g/mol. The van der Waals surface area contributed by atoms with Gasteiger partial charge in [-0.2, -0.15) is 13.2 Å². The van der Waals surface area contributed by atoms with Crippen molar-refractivity contribution in [2.24, 2.45) is 5.92 Å². The third-order valence-electron chi connectivity index (χ3n) is 2.79. The van der Waals surface area contributed by atoms with E-state index in [9.17, 15) is 13.2 Å². The molecule has 1 N–H and O–H groups in total. The summed E-state index contributed by atoms with van der Waals surface area (Å²) in [6.07, 6.45) is -3.29. The Labute approximate surface area is 116 Å². The van der Waals surface area contributed by atoms with Crippen LogP contribution in [0, 0.1) is 5.92 Å². The lowest BCUT2D eigenvalue weighted by Gasteiger charge is -2.17. The van der Waals surface area contributed by atoms with Gasteiger partial charge in [-0.25, -0.2) is 4.98 Å². The van der Waals surface area contributed by atoms with Crippen LogP contribution in [0.3, 0.4) is 0 Å². The molecule has 18 heavy (non-hydrogen) atoms. The Morgan fingerprint density at radius 3 is 2.94 bits per heavy atom. The molecule has 0 spiro atoms. The van der Waals surface area contributed by atoms with Crippen LogP contribution < -0.4 is 5.32 Å². The first kappa shape index (κ1) is 14.1. The minimum atomic E-state index is -4.09. The Morgan fingerprint density at radius 1 is 1.56 bits per heavy atom. The molecule has 1 aromatic heterocycles.